The molecular formula is C19H19ClO6. The molecule has 6 nitrogen and oxygen atoms in total. The van der Waals surface area contributed by atoms with Crippen LogP contribution in [0.4, 0.5) is 0 Å². The third-order valence-electron chi connectivity index (χ3n) is 3.30. The molecule has 0 saturated carbocycles. The molecule has 0 saturated heterocycles. The highest BCUT2D eigenvalue weighted by molar-refractivity contribution is 6.32. The van der Waals surface area contributed by atoms with Crippen LogP contribution < -0.4 is 14.2 Å². The highest BCUT2D eigenvalue weighted by Gasteiger charge is 2.18. The fourth-order valence-electron chi connectivity index (χ4n) is 2.13. The first-order chi connectivity index (χ1) is 12.3. The predicted octanol–water partition coefficient (Wildman–Crippen LogP) is 4.14. The zero-order chi connectivity index (χ0) is 19.3. The quantitative estimate of drug-likeness (QED) is 0.555. The van der Waals surface area contributed by atoms with Gasteiger partial charge in [0.05, 0.1) is 36.5 Å². The molecular weight excluding hydrogens is 360 g/mol. The van der Waals surface area contributed by atoms with Crippen molar-refractivity contribution in [1.29, 1.82) is 0 Å². The minimum Gasteiger partial charge on any atom is -0.493 e. The van der Waals surface area contributed by atoms with Crippen molar-refractivity contribution < 1.29 is 28.5 Å². The summed E-state index contributed by atoms with van der Waals surface area (Å²) < 4.78 is 20.8. The molecule has 0 spiro atoms. The van der Waals surface area contributed by atoms with Gasteiger partial charge in [0.2, 0.25) is 0 Å². The maximum atomic E-state index is 12.4. The maximum absolute atomic E-state index is 12.4. The number of benzene rings is 2. The highest BCUT2D eigenvalue weighted by atomic mass is 35.5. The molecule has 138 valence electrons. The number of esters is 2. The number of carbonyl (C=O) groups is 2. The van der Waals surface area contributed by atoms with Crippen LogP contribution in [0.2, 0.25) is 5.02 Å². The van der Waals surface area contributed by atoms with E-state index in [1.54, 1.807) is 0 Å². The Kier molecular flexibility index (Phi) is 6.46. The number of rotatable bonds is 6. The van der Waals surface area contributed by atoms with Crippen LogP contribution >= 0.6 is 11.6 Å². The van der Waals surface area contributed by atoms with Crippen LogP contribution in [0.25, 0.3) is 0 Å². The highest BCUT2D eigenvalue weighted by Crippen LogP contribution is 2.37. The van der Waals surface area contributed by atoms with Gasteiger partial charge in [0.25, 0.3) is 0 Å². The summed E-state index contributed by atoms with van der Waals surface area (Å²) in [5.74, 6) is -0.116. The molecule has 0 radical (unpaired) electrons. The van der Waals surface area contributed by atoms with Gasteiger partial charge in [0.1, 0.15) is 5.75 Å². The van der Waals surface area contributed by atoms with E-state index in [1.807, 2.05) is 13.8 Å². The molecule has 7 heteroatoms. The normalized spacial score (nSPS) is 10.4. The number of halogens is 1. The zero-order valence-electron chi connectivity index (χ0n) is 14.9. The zero-order valence-corrected chi connectivity index (χ0v) is 15.6. The van der Waals surface area contributed by atoms with Crippen LogP contribution in [0.5, 0.6) is 17.2 Å². The largest absolute Gasteiger partial charge is 0.493 e. The second-order valence-electron chi connectivity index (χ2n) is 5.56. The Bertz CT molecular complexity index is 798. The van der Waals surface area contributed by atoms with E-state index in [2.05, 4.69) is 4.74 Å². The second kappa shape index (κ2) is 8.58. The Balaban J connectivity index is 2.21. The minimum atomic E-state index is -0.618. The molecule has 0 unspecified atom stereocenters. The van der Waals surface area contributed by atoms with E-state index in [1.165, 1.54) is 50.6 Å². The molecule has 0 fully saturated rings. The Morgan fingerprint density at radius 1 is 0.962 bits per heavy atom. The summed E-state index contributed by atoms with van der Waals surface area (Å²) in [6.07, 6.45) is -0.104. The standard InChI is InChI=1S/C19H19ClO6/c1-11(2)25-17-15(20)9-13(10-16(17)23-3)19(22)26-14-7-5-12(6-8-14)18(21)24-4/h5-11H,1-4H3. The molecule has 0 atom stereocenters. The third-order valence-corrected chi connectivity index (χ3v) is 3.59. The first kappa shape index (κ1) is 19.6. The van der Waals surface area contributed by atoms with Crippen molar-refractivity contribution in [2.75, 3.05) is 14.2 Å². The average molecular weight is 379 g/mol. The van der Waals surface area contributed by atoms with Crippen molar-refractivity contribution in [2.24, 2.45) is 0 Å². The molecule has 0 amide bonds. The molecule has 0 aliphatic rings. The number of methoxy groups -OCH3 is 2. The van der Waals surface area contributed by atoms with Crippen molar-refractivity contribution in [2.45, 2.75) is 20.0 Å². The summed E-state index contributed by atoms with van der Waals surface area (Å²) in [7, 11) is 2.75. The minimum absolute atomic E-state index is 0.104. The Hall–Kier alpha value is -2.73. The molecule has 26 heavy (non-hydrogen) atoms. The van der Waals surface area contributed by atoms with E-state index in [0.717, 1.165) is 0 Å². The second-order valence-corrected chi connectivity index (χ2v) is 5.97. The molecule has 2 aromatic carbocycles. The fraction of sp³-hybridized carbons (Fsp3) is 0.263. The lowest BCUT2D eigenvalue weighted by atomic mass is 10.2. The lowest BCUT2D eigenvalue weighted by Crippen LogP contribution is -2.11. The molecule has 0 aromatic heterocycles. The number of hydrogen-bond acceptors (Lipinski definition) is 6. The van der Waals surface area contributed by atoms with E-state index < -0.39 is 11.9 Å². The first-order valence-corrected chi connectivity index (χ1v) is 8.18. The number of hydrogen-bond donors (Lipinski definition) is 0. The van der Waals surface area contributed by atoms with Crippen molar-refractivity contribution in [3.8, 4) is 17.2 Å². The van der Waals surface area contributed by atoms with Crippen LogP contribution in [0.3, 0.4) is 0 Å². The van der Waals surface area contributed by atoms with Crippen molar-refractivity contribution in [3.63, 3.8) is 0 Å². The van der Waals surface area contributed by atoms with Crippen LogP contribution in [-0.2, 0) is 4.74 Å². The monoisotopic (exact) mass is 378 g/mol. The van der Waals surface area contributed by atoms with Crippen molar-refractivity contribution in [3.05, 3.63) is 52.5 Å². The van der Waals surface area contributed by atoms with Gasteiger partial charge in [0, 0.05) is 0 Å². The maximum Gasteiger partial charge on any atom is 0.343 e. The Labute approximate surface area is 156 Å². The summed E-state index contributed by atoms with van der Waals surface area (Å²) in [6, 6.07) is 8.95. The summed E-state index contributed by atoms with van der Waals surface area (Å²) >= 11 is 6.21. The number of ether oxygens (including phenoxy) is 4. The van der Waals surface area contributed by atoms with Crippen LogP contribution in [0, 0.1) is 0 Å². The molecule has 0 aliphatic heterocycles. The topological polar surface area (TPSA) is 71.1 Å². The molecule has 0 heterocycles. The van der Waals surface area contributed by atoms with Crippen LogP contribution in [0.1, 0.15) is 34.6 Å². The Morgan fingerprint density at radius 2 is 1.62 bits per heavy atom. The first-order valence-electron chi connectivity index (χ1n) is 7.80. The van der Waals surface area contributed by atoms with E-state index in [-0.39, 0.29) is 22.4 Å². The summed E-state index contributed by atoms with van der Waals surface area (Å²) in [5, 5.41) is 0.242. The van der Waals surface area contributed by atoms with Gasteiger partial charge in [-0.25, -0.2) is 9.59 Å². The van der Waals surface area contributed by atoms with Gasteiger partial charge in [-0.3, -0.25) is 0 Å². The predicted molar refractivity (Wildman–Crippen MR) is 96.5 cm³/mol. The van der Waals surface area contributed by atoms with Gasteiger partial charge in [-0.1, -0.05) is 11.6 Å². The third kappa shape index (κ3) is 4.67. The van der Waals surface area contributed by atoms with Crippen LogP contribution in [-0.4, -0.2) is 32.3 Å². The molecule has 2 aromatic rings. The SMILES string of the molecule is COC(=O)c1ccc(OC(=O)c2cc(Cl)c(OC(C)C)c(OC)c2)cc1. The molecule has 0 bridgehead atoms. The van der Waals surface area contributed by atoms with Crippen molar-refractivity contribution >= 4 is 23.5 Å². The van der Waals surface area contributed by atoms with E-state index in [4.69, 9.17) is 25.8 Å². The van der Waals surface area contributed by atoms with Crippen molar-refractivity contribution in [1.82, 2.24) is 0 Å². The fourth-order valence-corrected chi connectivity index (χ4v) is 2.39. The summed E-state index contributed by atoms with van der Waals surface area (Å²) in [4.78, 5) is 23.8. The van der Waals surface area contributed by atoms with Crippen LogP contribution in [0.15, 0.2) is 36.4 Å². The van der Waals surface area contributed by atoms with Gasteiger partial charge in [-0.2, -0.15) is 0 Å². The van der Waals surface area contributed by atoms with E-state index in [9.17, 15) is 9.59 Å². The summed E-state index contributed by atoms with van der Waals surface area (Å²) in [6.45, 7) is 3.71. The molecule has 0 aliphatic carbocycles. The van der Waals surface area contributed by atoms with Gasteiger partial charge < -0.3 is 18.9 Å². The Morgan fingerprint density at radius 3 is 2.15 bits per heavy atom. The average Bonchev–Trinajstić information content (AvgIpc) is 2.62. The van der Waals surface area contributed by atoms with Gasteiger partial charge in [-0.05, 0) is 50.2 Å². The van der Waals surface area contributed by atoms with Gasteiger partial charge in [0.15, 0.2) is 11.5 Å². The molecule has 2 rings (SSSR count). The lowest BCUT2D eigenvalue weighted by Gasteiger charge is -2.16. The summed E-state index contributed by atoms with van der Waals surface area (Å²) in [5.41, 5.74) is 0.562. The smallest absolute Gasteiger partial charge is 0.343 e. The number of carbonyl (C=O) groups excluding carboxylic acids is 2. The molecule has 0 N–H and O–H groups in total. The van der Waals surface area contributed by atoms with E-state index in [0.29, 0.717) is 17.1 Å². The van der Waals surface area contributed by atoms with Gasteiger partial charge >= 0.3 is 11.9 Å². The lowest BCUT2D eigenvalue weighted by molar-refractivity contribution is 0.0600. The van der Waals surface area contributed by atoms with Gasteiger partial charge in [-0.15, -0.1) is 0 Å². The van der Waals surface area contributed by atoms with E-state index >= 15 is 0 Å².